The average molecular weight is 434 g/mol. The minimum absolute atomic E-state index is 0.0557. The minimum atomic E-state index is -4.77. The lowest BCUT2D eigenvalue weighted by atomic mass is 10.0. The quantitative estimate of drug-likeness (QED) is 0.769. The molecule has 0 bridgehead atoms. The second kappa shape index (κ2) is 7.84. The first kappa shape index (κ1) is 20.2. The fourth-order valence-electron chi connectivity index (χ4n) is 2.57. The van der Waals surface area contributed by atoms with Crippen LogP contribution in [0.25, 0.3) is 0 Å². The van der Waals surface area contributed by atoms with Crippen LogP contribution in [0.5, 0.6) is 0 Å². The number of alkyl halides is 3. The summed E-state index contributed by atoms with van der Waals surface area (Å²) in [6.07, 6.45) is -6.64. The maximum atomic E-state index is 13.2. The number of hydrogen-bond donors (Lipinski definition) is 2. The zero-order chi connectivity index (χ0) is 20.5. The number of alkyl carbamates (subject to hydrolysis) is 1. The predicted octanol–water partition coefficient (Wildman–Crippen LogP) is 3.72. The summed E-state index contributed by atoms with van der Waals surface area (Å²) in [5, 5.41) is 4.73. The van der Waals surface area contributed by atoms with E-state index in [9.17, 15) is 22.8 Å². The largest absolute Gasteiger partial charge is 0.434 e. The fourth-order valence-corrected chi connectivity index (χ4v) is 2.91. The molecule has 1 aromatic carbocycles. The molecule has 28 heavy (non-hydrogen) atoms. The van der Waals surface area contributed by atoms with E-state index in [2.05, 4.69) is 15.6 Å². The van der Waals surface area contributed by atoms with Gasteiger partial charge in [-0.2, -0.15) is 13.2 Å². The highest BCUT2D eigenvalue weighted by atomic mass is 35.5. The molecule has 0 radical (unpaired) electrons. The summed E-state index contributed by atoms with van der Waals surface area (Å²) in [6, 6.07) is 7.39. The van der Waals surface area contributed by atoms with Crippen molar-refractivity contribution in [2.75, 3.05) is 6.54 Å². The Labute approximate surface area is 167 Å². The van der Waals surface area contributed by atoms with E-state index in [4.69, 9.17) is 27.9 Å². The zero-order valence-corrected chi connectivity index (χ0v) is 15.4. The van der Waals surface area contributed by atoms with Crippen molar-refractivity contribution in [3.8, 4) is 0 Å². The van der Waals surface area contributed by atoms with Crippen molar-refractivity contribution < 1.29 is 27.5 Å². The number of benzene rings is 1. The number of carbonyl (C=O) groups excluding carboxylic acids is 2. The summed E-state index contributed by atoms with van der Waals surface area (Å²) in [4.78, 5) is 27.2. The van der Waals surface area contributed by atoms with Crippen molar-refractivity contribution in [1.82, 2.24) is 15.6 Å². The van der Waals surface area contributed by atoms with Gasteiger partial charge in [0.2, 0.25) is 0 Å². The Morgan fingerprint density at radius 2 is 1.89 bits per heavy atom. The van der Waals surface area contributed by atoms with Gasteiger partial charge in [-0.1, -0.05) is 35.3 Å². The van der Waals surface area contributed by atoms with Crippen LogP contribution in [0.3, 0.4) is 0 Å². The molecule has 0 spiro atoms. The van der Waals surface area contributed by atoms with E-state index >= 15 is 0 Å². The number of aromatic nitrogens is 1. The first-order valence-corrected chi connectivity index (χ1v) is 8.64. The average Bonchev–Trinajstić information content (AvgIpc) is 3.07. The molecule has 0 aliphatic carbocycles. The molecule has 2 heterocycles. The van der Waals surface area contributed by atoms with Crippen LogP contribution >= 0.6 is 23.2 Å². The number of amides is 2. The summed E-state index contributed by atoms with van der Waals surface area (Å²) >= 11 is 11.5. The Bertz CT molecular complexity index is 907. The third kappa shape index (κ3) is 4.48. The van der Waals surface area contributed by atoms with Gasteiger partial charge in [0.15, 0.2) is 11.8 Å². The van der Waals surface area contributed by atoms with E-state index < -0.39 is 41.0 Å². The molecule has 1 saturated heterocycles. The number of ether oxygens (including phenoxy) is 1. The maximum absolute atomic E-state index is 13.2. The van der Waals surface area contributed by atoms with E-state index in [0.717, 1.165) is 6.07 Å². The Kier molecular flexibility index (Phi) is 5.66. The monoisotopic (exact) mass is 433 g/mol. The Hall–Kier alpha value is -2.52. The van der Waals surface area contributed by atoms with Crippen LogP contribution in [0.1, 0.15) is 23.0 Å². The molecule has 1 fully saturated rings. The van der Waals surface area contributed by atoms with Crippen molar-refractivity contribution in [2.45, 2.75) is 18.3 Å². The van der Waals surface area contributed by atoms with Gasteiger partial charge in [-0.25, -0.2) is 9.78 Å². The van der Waals surface area contributed by atoms with E-state index in [0.29, 0.717) is 10.6 Å². The van der Waals surface area contributed by atoms with Crippen molar-refractivity contribution in [2.24, 2.45) is 0 Å². The second-order valence-corrected chi connectivity index (χ2v) is 6.68. The summed E-state index contributed by atoms with van der Waals surface area (Å²) in [7, 11) is 0. The number of nitrogens with zero attached hydrogens (tertiary/aromatic N) is 1. The summed E-state index contributed by atoms with van der Waals surface area (Å²) in [5.41, 5.74) is -0.934. The van der Waals surface area contributed by atoms with Gasteiger partial charge in [-0.15, -0.1) is 0 Å². The first-order valence-electron chi connectivity index (χ1n) is 7.89. The Balaban J connectivity index is 1.98. The Morgan fingerprint density at radius 1 is 1.21 bits per heavy atom. The van der Waals surface area contributed by atoms with Gasteiger partial charge in [0, 0.05) is 5.02 Å². The van der Waals surface area contributed by atoms with Gasteiger partial charge in [0.1, 0.15) is 0 Å². The molecule has 3 rings (SSSR count). The zero-order valence-electron chi connectivity index (χ0n) is 13.9. The number of hydrogen-bond acceptors (Lipinski definition) is 4. The second-order valence-electron chi connectivity index (χ2n) is 5.83. The number of rotatable bonds is 4. The smallest absolute Gasteiger partial charge is 0.434 e. The van der Waals surface area contributed by atoms with Crippen molar-refractivity contribution in [3.63, 3.8) is 0 Å². The van der Waals surface area contributed by atoms with Crippen LogP contribution in [0.15, 0.2) is 36.4 Å². The number of nitrogens with one attached hydrogen (secondary N) is 2. The molecule has 0 saturated carbocycles. The first-order chi connectivity index (χ1) is 13.1. The molecular weight excluding hydrogens is 422 g/mol. The van der Waals surface area contributed by atoms with E-state index in [1.165, 1.54) is 30.3 Å². The topological polar surface area (TPSA) is 80.3 Å². The highest BCUT2D eigenvalue weighted by Gasteiger charge is 2.37. The standard InChI is InChI=1S/C17H12Cl2F3N3O3/c18-9-3-1-8(2-4-9)13(25-15(26)12-7-23-16(27)28-12)11-6-5-10(19)14(24-11)17(20,21)22/h1-6,12-13H,7H2,(H,23,27)(H,25,26)/t12-,13+/m0/s1. The molecule has 1 aliphatic heterocycles. The lowest BCUT2D eigenvalue weighted by Gasteiger charge is -2.21. The molecule has 1 aromatic heterocycles. The minimum Gasteiger partial charge on any atom is -0.434 e. The van der Waals surface area contributed by atoms with Crippen LogP contribution in [0, 0.1) is 0 Å². The van der Waals surface area contributed by atoms with Crippen LogP contribution in [-0.4, -0.2) is 29.6 Å². The van der Waals surface area contributed by atoms with Crippen LogP contribution in [-0.2, 0) is 15.7 Å². The molecular formula is C17H12Cl2F3N3O3. The Morgan fingerprint density at radius 3 is 2.46 bits per heavy atom. The van der Waals surface area contributed by atoms with E-state index in [1.54, 1.807) is 0 Å². The molecule has 1 aliphatic rings. The highest BCUT2D eigenvalue weighted by molar-refractivity contribution is 6.31. The molecule has 148 valence electrons. The number of halogens is 5. The lowest BCUT2D eigenvalue weighted by molar-refractivity contribution is -0.141. The molecule has 2 atom stereocenters. The third-order valence-corrected chi connectivity index (χ3v) is 4.45. The van der Waals surface area contributed by atoms with E-state index in [-0.39, 0.29) is 12.2 Å². The molecule has 2 N–H and O–H groups in total. The highest BCUT2D eigenvalue weighted by Crippen LogP contribution is 2.34. The predicted molar refractivity (Wildman–Crippen MR) is 94.0 cm³/mol. The van der Waals surface area contributed by atoms with Crippen molar-refractivity contribution >= 4 is 35.2 Å². The number of carbonyl (C=O) groups is 2. The SMILES string of the molecule is O=C1NC[C@@H](C(=O)N[C@H](c2ccc(Cl)cc2)c2ccc(Cl)c(C(F)(F)F)n2)O1. The van der Waals surface area contributed by atoms with Gasteiger partial charge >= 0.3 is 12.3 Å². The summed E-state index contributed by atoms with van der Waals surface area (Å²) < 4.78 is 44.4. The lowest BCUT2D eigenvalue weighted by Crippen LogP contribution is -2.39. The van der Waals surface area contributed by atoms with Gasteiger partial charge < -0.3 is 15.4 Å². The molecule has 6 nitrogen and oxygen atoms in total. The molecule has 2 amide bonds. The molecule has 0 unspecified atom stereocenters. The molecule has 2 aromatic rings. The molecule has 11 heteroatoms. The third-order valence-electron chi connectivity index (χ3n) is 3.90. The summed E-state index contributed by atoms with van der Waals surface area (Å²) in [6.45, 7) is -0.0557. The van der Waals surface area contributed by atoms with Crippen molar-refractivity contribution in [3.05, 3.63) is 63.4 Å². The van der Waals surface area contributed by atoms with E-state index in [1.807, 2.05) is 0 Å². The normalized spacial score (nSPS) is 17.6. The number of pyridine rings is 1. The van der Waals surface area contributed by atoms with Crippen LogP contribution in [0.4, 0.5) is 18.0 Å². The maximum Gasteiger partial charge on any atom is 0.434 e. The summed E-state index contributed by atoms with van der Waals surface area (Å²) in [5.74, 6) is -0.691. The van der Waals surface area contributed by atoms with Crippen LogP contribution in [0.2, 0.25) is 10.0 Å². The van der Waals surface area contributed by atoms with Gasteiger partial charge in [-0.3, -0.25) is 4.79 Å². The fraction of sp³-hybridized carbons (Fsp3) is 0.235. The van der Waals surface area contributed by atoms with Crippen LogP contribution < -0.4 is 10.6 Å². The van der Waals surface area contributed by atoms with Gasteiger partial charge in [-0.05, 0) is 29.8 Å². The van der Waals surface area contributed by atoms with Gasteiger partial charge in [0.25, 0.3) is 5.91 Å². The van der Waals surface area contributed by atoms with Gasteiger partial charge in [0.05, 0.1) is 23.3 Å². The number of cyclic esters (lactones) is 1. The van der Waals surface area contributed by atoms with Crippen molar-refractivity contribution in [1.29, 1.82) is 0 Å².